The number of aryl methyl sites for hydroxylation is 1. The number of anilines is 1. The van der Waals surface area contributed by atoms with Gasteiger partial charge in [-0.2, -0.15) is 5.10 Å². The molecule has 1 amide bonds. The van der Waals surface area contributed by atoms with Crippen molar-refractivity contribution in [3.05, 3.63) is 39.8 Å². The number of fused-ring (bicyclic) bond motifs is 1. The minimum atomic E-state index is -0.516. The Balaban J connectivity index is 1.69. The number of nitrogens with zero attached hydrogens (tertiary/aromatic N) is 5. The molecule has 1 fully saturated rings. The standard InChI is InChI=1S/C29H41ClN6O3/c1-9-20(18(4)36-27-24(17(3)34-36)26(31)32-15-33-27)21-14-22(30)16(2)23(25(21)38-8)19-10-12-35(13-11-19)28(37)39-29(5,6)7/h14-15,18-20H,9-13H2,1-8H3,(H2,31,32,33). The minimum absolute atomic E-state index is 0.0463. The largest absolute Gasteiger partial charge is 0.496 e. The number of ether oxygens (including phenoxy) is 2. The molecule has 10 heteroatoms. The highest BCUT2D eigenvalue weighted by molar-refractivity contribution is 6.31. The number of amides is 1. The first-order chi connectivity index (χ1) is 18.4. The van der Waals surface area contributed by atoms with Gasteiger partial charge in [0.15, 0.2) is 5.65 Å². The average molecular weight is 557 g/mol. The lowest BCUT2D eigenvalue weighted by Gasteiger charge is -2.35. The summed E-state index contributed by atoms with van der Waals surface area (Å²) in [5.74, 6) is 1.56. The van der Waals surface area contributed by atoms with Crippen LogP contribution in [0, 0.1) is 13.8 Å². The smallest absolute Gasteiger partial charge is 0.410 e. The van der Waals surface area contributed by atoms with Gasteiger partial charge in [-0.3, -0.25) is 0 Å². The number of hydrogen-bond donors (Lipinski definition) is 1. The van der Waals surface area contributed by atoms with Crippen LogP contribution in [-0.4, -0.2) is 56.5 Å². The molecule has 1 aliphatic heterocycles. The molecule has 9 nitrogen and oxygen atoms in total. The number of benzene rings is 1. The van der Waals surface area contributed by atoms with Crippen LogP contribution in [0.25, 0.3) is 11.0 Å². The van der Waals surface area contributed by atoms with Crippen LogP contribution in [0.4, 0.5) is 10.6 Å². The molecule has 2 unspecified atom stereocenters. The van der Waals surface area contributed by atoms with E-state index in [1.165, 1.54) is 6.33 Å². The van der Waals surface area contributed by atoms with E-state index < -0.39 is 5.60 Å². The normalized spacial score (nSPS) is 16.4. The Morgan fingerprint density at radius 1 is 1.23 bits per heavy atom. The van der Waals surface area contributed by atoms with E-state index in [4.69, 9.17) is 31.9 Å². The summed E-state index contributed by atoms with van der Waals surface area (Å²) in [5, 5.41) is 6.31. The zero-order valence-corrected chi connectivity index (χ0v) is 25.1. The van der Waals surface area contributed by atoms with Gasteiger partial charge in [0.25, 0.3) is 0 Å². The molecule has 2 atom stereocenters. The van der Waals surface area contributed by atoms with E-state index in [2.05, 4.69) is 30.7 Å². The topological polar surface area (TPSA) is 108 Å². The number of nitrogen functional groups attached to an aromatic ring is 1. The van der Waals surface area contributed by atoms with Gasteiger partial charge in [-0.1, -0.05) is 18.5 Å². The summed E-state index contributed by atoms with van der Waals surface area (Å²) in [6.07, 6.45) is 3.67. The maximum absolute atomic E-state index is 12.6. The SMILES string of the molecule is CCC(c1cc(Cl)c(C)c(C2CCN(C(=O)OC(C)(C)C)CC2)c1OC)C(C)n1nc(C)c2c(N)ncnc21. The summed E-state index contributed by atoms with van der Waals surface area (Å²) in [6, 6.07) is 2.00. The van der Waals surface area contributed by atoms with E-state index >= 15 is 0 Å². The van der Waals surface area contributed by atoms with Crippen LogP contribution in [0.1, 0.15) is 94.1 Å². The highest BCUT2D eigenvalue weighted by Crippen LogP contribution is 2.47. The highest BCUT2D eigenvalue weighted by Gasteiger charge is 2.33. The second-order valence-electron chi connectivity index (χ2n) is 11.5. The van der Waals surface area contributed by atoms with Crippen molar-refractivity contribution in [2.24, 2.45) is 0 Å². The van der Waals surface area contributed by atoms with Gasteiger partial charge in [-0.25, -0.2) is 19.4 Å². The molecule has 2 aromatic heterocycles. The van der Waals surface area contributed by atoms with Gasteiger partial charge in [0.2, 0.25) is 0 Å². The second kappa shape index (κ2) is 11.2. The third kappa shape index (κ3) is 5.64. The average Bonchev–Trinajstić information content (AvgIpc) is 3.22. The molecule has 1 aliphatic rings. The number of methoxy groups -OCH3 is 1. The zero-order valence-electron chi connectivity index (χ0n) is 24.3. The van der Waals surface area contributed by atoms with E-state index in [9.17, 15) is 4.79 Å². The lowest BCUT2D eigenvalue weighted by Crippen LogP contribution is -2.41. The van der Waals surface area contributed by atoms with Crippen molar-refractivity contribution in [1.82, 2.24) is 24.6 Å². The summed E-state index contributed by atoms with van der Waals surface area (Å²) in [7, 11) is 1.73. The Morgan fingerprint density at radius 3 is 2.49 bits per heavy atom. The molecule has 3 heterocycles. The first kappa shape index (κ1) is 28.9. The van der Waals surface area contributed by atoms with E-state index in [1.807, 2.05) is 38.4 Å². The minimum Gasteiger partial charge on any atom is -0.496 e. The number of rotatable bonds is 6. The van der Waals surface area contributed by atoms with Crippen LogP contribution in [0.2, 0.25) is 5.02 Å². The van der Waals surface area contributed by atoms with E-state index in [-0.39, 0.29) is 24.0 Å². The van der Waals surface area contributed by atoms with Crippen LogP contribution in [0.3, 0.4) is 0 Å². The second-order valence-corrected chi connectivity index (χ2v) is 11.9. The zero-order chi connectivity index (χ0) is 28.6. The third-order valence-corrected chi connectivity index (χ3v) is 8.20. The summed E-state index contributed by atoms with van der Waals surface area (Å²) in [6.45, 7) is 15.2. The molecule has 2 N–H and O–H groups in total. The molecule has 212 valence electrons. The highest BCUT2D eigenvalue weighted by atomic mass is 35.5. The Kier molecular flexibility index (Phi) is 8.30. The van der Waals surface area contributed by atoms with Crippen LogP contribution < -0.4 is 10.5 Å². The van der Waals surface area contributed by atoms with Gasteiger partial charge in [-0.05, 0) is 78.4 Å². The number of halogens is 1. The Bertz CT molecular complexity index is 1360. The van der Waals surface area contributed by atoms with Crippen molar-refractivity contribution in [3.8, 4) is 5.75 Å². The quantitative estimate of drug-likeness (QED) is 0.366. The van der Waals surface area contributed by atoms with Crippen LogP contribution >= 0.6 is 11.6 Å². The first-order valence-corrected chi connectivity index (χ1v) is 14.1. The third-order valence-electron chi connectivity index (χ3n) is 7.81. The molecule has 0 saturated carbocycles. The summed E-state index contributed by atoms with van der Waals surface area (Å²) >= 11 is 6.89. The van der Waals surface area contributed by atoms with Gasteiger partial charge in [0.1, 0.15) is 23.5 Å². The van der Waals surface area contributed by atoms with Gasteiger partial charge in [-0.15, -0.1) is 0 Å². The van der Waals surface area contributed by atoms with Crippen LogP contribution in [-0.2, 0) is 4.74 Å². The van der Waals surface area contributed by atoms with Gasteiger partial charge >= 0.3 is 6.09 Å². The van der Waals surface area contributed by atoms with Crippen molar-refractivity contribution in [1.29, 1.82) is 0 Å². The molecule has 3 aromatic rings. The van der Waals surface area contributed by atoms with Crippen molar-refractivity contribution in [3.63, 3.8) is 0 Å². The van der Waals surface area contributed by atoms with Gasteiger partial charge in [0.05, 0.1) is 24.2 Å². The number of nitrogens with two attached hydrogens (primary N) is 1. The Labute approximate surface area is 236 Å². The predicted octanol–water partition coefficient (Wildman–Crippen LogP) is 6.56. The van der Waals surface area contributed by atoms with Crippen molar-refractivity contribution < 1.29 is 14.3 Å². The van der Waals surface area contributed by atoms with Crippen molar-refractivity contribution in [2.75, 3.05) is 25.9 Å². The van der Waals surface area contributed by atoms with E-state index in [1.54, 1.807) is 12.0 Å². The monoisotopic (exact) mass is 556 g/mol. The van der Waals surface area contributed by atoms with Crippen molar-refractivity contribution >= 4 is 34.5 Å². The predicted molar refractivity (Wildman–Crippen MR) is 155 cm³/mol. The molecule has 39 heavy (non-hydrogen) atoms. The number of carbonyl (C=O) groups is 1. The molecule has 0 spiro atoms. The maximum atomic E-state index is 12.6. The van der Waals surface area contributed by atoms with Crippen LogP contribution in [0.5, 0.6) is 5.75 Å². The van der Waals surface area contributed by atoms with E-state index in [0.29, 0.717) is 23.9 Å². The number of likely N-dealkylation sites (tertiary alicyclic amines) is 1. The lowest BCUT2D eigenvalue weighted by atomic mass is 9.81. The Hall–Kier alpha value is -3.07. The summed E-state index contributed by atoms with van der Waals surface area (Å²) in [5.41, 5.74) is 10.4. The fraction of sp³-hybridized carbons (Fsp3) is 0.586. The van der Waals surface area contributed by atoms with Crippen molar-refractivity contribution in [2.45, 2.75) is 91.2 Å². The molecular weight excluding hydrogens is 516 g/mol. The number of hydrogen-bond acceptors (Lipinski definition) is 7. The van der Waals surface area contributed by atoms with Gasteiger partial charge in [0, 0.05) is 35.2 Å². The number of piperidine rings is 1. The van der Waals surface area contributed by atoms with Gasteiger partial charge < -0.3 is 20.1 Å². The molecule has 4 rings (SSSR count). The maximum Gasteiger partial charge on any atom is 0.410 e. The molecule has 0 aliphatic carbocycles. The fourth-order valence-electron chi connectivity index (χ4n) is 5.88. The first-order valence-electron chi connectivity index (χ1n) is 13.7. The Morgan fingerprint density at radius 2 is 1.90 bits per heavy atom. The summed E-state index contributed by atoms with van der Waals surface area (Å²) < 4.78 is 13.7. The number of aromatic nitrogens is 4. The fourth-order valence-corrected chi connectivity index (χ4v) is 6.10. The molecule has 0 bridgehead atoms. The summed E-state index contributed by atoms with van der Waals surface area (Å²) in [4.78, 5) is 23.1. The molecule has 1 aromatic carbocycles. The number of carbonyl (C=O) groups excluding carboxylic acids is 1. The van der Waals surface area contributed by atoms with E-state index in [0.717, 1.165) is 58.4 Å². The molecular formula is C29H41ClN6O3. The van der Waals surface area contributed by atoms with Crippen LogP contribution in [0.15, 0.2) is 12.4 Å². The molecule has 1 saturated heterocycles. The molecule has 0 radical (unpaired) electrons. The lowest BCUT2D eigenvalue weighted by molar-refractivity contribution is 0.0204.